The summed E-state index contributed by atoms with van der Waals surface area (Å²) in [5, 5.41) is 5.08. The molecule has 1 aromatic rings. The quantitative estimate of drug-likeness (QED) is 0.887. The lowest BCUT2D eigenvalue weighted by atomic mass is 9.98. The van der Waals surface area contributed by atoms with Gasteiger partial charge in [0.15, 0.2) is 0 Å². The molecule has 1 aliphatic heterocycles. The summed E-state index contributed by atoms with van der Waals surface area (Å²) in [6, 6.07) is 2.61. The third-order valence-corrected chi connectivity index (χ3v) is 4.76. The number of hydrogen-bond donors (Lipinski definition) is 2. The Hall–Kier alpha value is -2.25. The number of alkyl halides is 3. The number of amides is 3. The van der Waals surface area contributed by atoms with E-state index in [9.17, 15) is 22.8 Å². The Morgan fingerprint density at radius 3 is 2.54 bits per heavy atom. The van der Waals surface area contributed by atoms with Gasteiger partial charge < -0.3 is 15.5 Å². The number of urea groups is 1. The number of nitrogens with zero attached hydrogens (tertiary/aromatic N) is 1. The normalized spacial score (nSPS) is 22.3. The molecule has 5 nitrogen and oxygen atoms in total. The highest BCUT2D eigenvalue weighted by Crippen LogP contribution is 2.46. The summed E-state index contributed by atoms with van der Waals surface area (Å²) in [5.74, 6) is -0.266. The predicted molar refractivity (Wildman–Crippen MR) is 81.3 cm³/mol. The van der Waals surface area contributed by atoms with Crippen LogP contribution in [0.15, 0.2) is 18.2 Å². The van der Waals surface area contributed by atoms with Crippen LogP contribution in [-0.4, -0.2) is 30.4 Å². The van der Waals surface area contributed by atoms with Crippen LogP contribution in [0.4, 0.5) is 23.7 Å². The van der Waals surface area contributed by atoms with Crippen LogP contribution >= 0.6 is 0 Å². The Morgan fingerprint density at radius 2 is 2.04 bits per heavy atom. The van der Waals surface area contributed by atoms with Crippen molar-refractivity contribution in [3.63, 3.8) is 0 Å². The van der Waals surface area contributed by atoms with Crippen LogP contribution in [0.1, 0.15) is 36.9 Å². The average molecular weight is 341 g/mol. The summed E-state index contributed by atoms with van der Waals surface area (Å²) in [6.45, 7) is 1.90. The molecule has 1 atom stereocenters. The van der Waals surface area contributed by atoms with Crippen molar-refractivity contribution in [2.24, 2.45) is 5.41 Å². The lowest BCUT2D eigenvalue weighted by Gasteiger charge is -2.23. The van der Waals surface area contributed by atoms with Gasteiger partial charge in [-0.05, 0) is 30.5 Å². The van der Waals surface area contributed by atoms with Crippen LogP contribution in [0.5, 0.6) is 0 Å². The van der Waals surface area contributed by atoms with E-state index in [2.05, 4.69) is 10.6 Å². The van der Waals surface area contributed by atoms with Gasteiger partial charge in [-0.3, -0.25) is 4.79 Å². The molecule has 2 N–H and O–H groups in total. The average Bonchev–Trinajstić information content (AvgIpc) is 3.17. The van der Waals surface area contributed by atoms with Gasteiger partial charge in [0, 0.05) is 24.7 Å². The Kier molecular flexibility index (Phi) is 3.73. The van der Waals surface area contributed by atoms with Crippen LogP contribution in [0.3, 0.4) is 0 Å². The van der Waals surface area contributed by atoms with Crippen LogP contribution in [0.2, 0.25) is 0 Å². The summed E-state index contributed by atoms with van der Waals surface area (Å²) in [5.41, 5.74) is -1.18. The van der Waals surface area contributed by atoms with Crippen molar-refractivity contribution >= 4 is 17.6 Å². The Labute approximate surface area is 137 Å². The van der Waals surface area contributed by atoms with Gasteiger partial charge in [-0.1, -0.05) is 13.0 Å². The topological polar surface area (TPSA) is 61.4 Å². The van der Waals surface area contributed by atoms with Gasteiger partial charge in [0.05, 0.1) is 11.6 Å². The maximum Gasteiger partial charge on any atom is 0.416 e. The van der Waals surface area contributed by atoms with Gasteiger partial charge in [0.2, 0.25) is 5.91 Å². The fraction of sp³-hybridized carbons (Fsp3) is 0.500. The second-order valence-corrected chi connectivity index (χ2v) is 6.63. The van der Waals surface area contributed by atoms with Gasteiger partial charge in [-0.2, -0.15) is 13.2 Å². The van der Waals surface area contributed by atoms with Gasteiger partial charge in [0.25, 0.3) is 0 Å². The van der Waals surface area contributed by atoms with Crippen LogP contribution < -0.4 is 10.6 Å². The van der Waals surface area contributed by atoms with E-state index in [1.807, 2.05) is 0 Å². The fourth-order valence-electron chi connectivity index (χ4n) is 2.77. The Morgan fingerprint density at radius 1 is 1.38 bits per heavy atom. The molecule has 8 heteroatoms. The zero-order valence-corrected chi connectivity index (χ0v) is 13.3. The van der Waals surface area contributed by atoms with E-state index in [0.717, 1.165) is 18.9 Å². The highest BCUT2D eigenvalue weighted by Gasteiger charge is 2.45. The molecule has 1 saturated heterocycles. The van der Waals surface area contributed by atoms with Crippen molar-refractivity contribution in [1.29, 1.82) is 0 Å². The number of hydrogen-bond acceptors (Lipinski definition) is 2. The maximum atomic E-state index is 13.5. The SMILES string of the molecule is CN1C(=O)NCC1c1ccc(NC(=O)C2(C)CC2)cc1C(F)(F)F. The summed E-state index contributed by atoms with van der Waals surface area (Å²) in [6.07, 6.45) is -3.10. The summed E-state index contributed by atoms with van der Waals surface area (Å²) in [4.78, 5) is 24.8. The van der Waals surface area contributed by atoms with Crippen molar-refractivity contribution in [2.75, 3.05) is 18.9 Å². The number of anilines is 1. The molecule has 1 saturated carbocycles. The first-order chi connectivity index (χ1) is 11.1. The lowest BCUT2D eigenvalue weighted by Crippen LogP contribution is -2.27. The molecule has 0 spiro atoms. The van der Waals surface area contributed by atoms with Crippen molar-refractivity contribution < 1.29 is 22.8 Å². The molecule has 3 amide bonds. The monoisotopic (exact) mass is 341 g/mol. The van der Waals surface area contributed by atoms with Gasteiger partial charge in [-0.15, -0.1) is 0 Å². The minimum atomic E-state index is -4.58. The lowest BCUT2D eigenvalue weighted by molar-refractivity contribution is -0.138. The first-order valence-electron chi connectivity index (χ1n) is 7.65. The van der Waals surface area contributed by atoms with E-state index >= 15 is 0 Å². The van der Waals surface area contributed by atoms with E-state index in [1.54, 1.807) is 6.92 Å². The Bertz CT molecular complexity index is 698. The number of nitrogens with one attached hydrogen (secondary N) is 2. The molecular formula is C16H18F3N3O2. The minimum absolute atomic E-state index is 0.0129. The zero-order chi connectivity index (χ0) is 17.7. The van der Waals surface area contributed by atoms with Crippen LogP contribution in [0, 0.1) is 5.41 Å². The van der Waals surface area contributed by atoms with Crippen molar-refractivity contribution in [3.05, 3.63) is 29.3 Å². The molecular weight excluding hydrogens is 323 g/mol. The molecule has 1 aliphatic carbocycles. The second-order valence-electron chi connectivity index (χ2n) is 6.63. The highest BCUT2D eigenvalue weighted by atomic mass is 19.4. The third-order valence-electron chi connectivity index (χ3n) is 4.76. The predicted octanol–water partition coefficient (Wildman–Crippen LogP) is 3.14. The van der Waals surface area contributed by atoms with Gasteiger partial charge in [0.1, 0.15) is 0 Å². The molecule has 0 radical (unpaired) electrons. The van der Waals surface area contributed by atoms with Crippen molar-refractivity contribution in [1.82, 2.24) is 10.2 Å². The first kappa shape index (κ1) is 16.6. The van der Waals surface area contributed by atoms with E-state index in [4.69, 9.17) is 0 Å². The maximum absolute atomic E-state index is 13.5. The fourth-order valence-corrected chi connectivity index (χ4v) is 2.77. The molecule has 1 aromatic carbocycles. The van der Waals surface area contributed by atoms with Crippen molar-refractivity contribution in [3.8, 4) is 0 Å². The van der Waals surface area contributed by atoms with E-state index < -0.39 is 29.2 Å². The summed E-state index contributed by atoms with van der Waals surface area (Å²) < 4.78 is 40.4. The number of carbonyl (C=O) groups excluding carboxylic acids is 2. The molecule has 2 fully saturated rings. The highest BCUT2D eigenvalue weighted by molar-refractivity contribution is 5.97. The number of rotatable bonds is 3. The van der Waals surface area contributed by atoms with E-state index in [1.165, 1.54) is 24.1 Å². The Balaban J connectivity index is 1.92. The molecule has 0 aromatic heterocycles. The smallest absolute Gasteiger partial charge is 0.336 e. The van der Waals surface area contributed by atoms with Crippen LogP contribution in [0.25, 0.3) is 0 Å². The van der Waals surface area contributed by atoms with Gasteiger partial charge >= 0.3 is 12.2 Å². The number of benzene rings is 1. The molecule has 130 valence electrons. The standard InChI is InChI=1S/C16H18F3N3O2/c1-15(5-6-15)13(23)21-9-3-4-10(11(7-9)16(17,18)19)12-8-20-14(24)22(12)2/h3-4,7,12H,5-6,8H2,1-2H3,(H,20,24)(H,21,23). The van der Waals surface area contributed by atoms with Crippen molar-refractivity contribution in [2.45, 2.75) is 32.0 Å². The van der Waals surface area contributed by atoms with E-state index in [0.29, 0.717) is 0 Å². The van der Waals surface area contributed by atoms with Crippen LogP contribution in [-0.2, 0) is 11.0 Å². The number of carbonyl (C=O) groups is 2. The second kappa shape index (κ2) is 5.39. The third kappa shape index (κ3) is 2.92. The zero-order valence-electron chi connectivity index (χ0n) is 13.3. The van der Waals surface area contributed by atoms with Gasteiger partial charge in [-0.25, -0.2) is 4.79 Å². The number of halogens is 3. The minimum Gasteiger partial charge on any atom is -0.336 e. The summed E-state index contributed by atoms with van der Waals surface area (Å²) in [7, 11) is 1.46. The molecule has 0 bridgehead atoms. The molecule has 1 unspecified atom stereocenters. The van der Waals surface area contributed by atoms with E-state index in [-0.39, 0.29) is 23.7 Å². The number of likely N-dealkylation sites (N-methyl/N-ethyl adjacent to an activating group) is 1. The first-order valence-corrected chi connectivity index (χ1v) is 7.65. The molecule has 1 heterocycles. The molecule has 24 heavy (non-hydrogen) atoms. The summed E-state index contributed by atoms with van der Waals surface area (Å²) >= 11 is 0. The molecule has 2 aliphatic rings. The largest absolute Gasteiger partial charge is 0.416 e. The molecule has 3 rings (SSSR count).